The molecule has 0 spiro atoms. The number of nitrogens with zero attached hydrogens (tertiary/aromatic N) is 1. The van der Waals surface area contributed by atoms with Crippen molar-refractivity contribution in [1.82, 2.24) is 9.62 Å². The molecule has 0 saturated heterocycles. The van der Waals surface area contributed by atoms with Crippen LogP contribution in [0.3, 0.4) is 0 Å². The van der Waals surface area contributed by atoms with Gasteiger partial charge in [0.2, 0.25) is 10.0 Å². The molecule has 3 N–H and O–H groups in total. The number of nitrogens with one attached hydrogen (secondary N) is 1. The van der Waals surface area contributed by atoms with Crippen LogP contribution in [-0.2, 0) is 16.4 Å². The van der Waals surface area contributed by atoms with Crippen LogP contribution in [0.25, 0.3) is 0 Å². The van der Waals surface area contributed by atoms with Gasteiger partial charge in [0, 0.05) is 18.8 Å². The van der Waals surface area contributed by atoms with Crippen molar-refractivity contribution in [3.8, 4) is 5.75 Å². The molecule has 0 unspecified atom stereocenters. The topological polar surface area (TPSA) is 84.7 Å². The van der Waals surface area contributed by atoms with Crippen molar-refractivity contribution >= 4 is 15.7 Å². The quantitative estimate of drug-likeness (QED) is 0.663. The van der Waals surface area contributed by atoms with Gasteiger partial charge >= 0.3 is 0 Å². The third-order valence-electron chi connectivity index (χ3n) is 3.60. The summed E-state index contributed by atoms with van der Waals surface area (Å²) < 4.78 is 32.7. The molecule has 2 aromatic rings. The first-order valence-corrected chi connectivity index (χ1v) is 9.57. The van der Waals surface area contributed by atoms with Crippen LogP contribution in [0.15, 0.2) is 53.4 Å². The predicted molar refractivity (Wildman–Crippen MR) is 100 cm³/mol. The van der Waals surface area contributed by atoms with Crippen LogP contribution in [0.1, 0.15) is 5.56 Å². The van der Waals surface area contributed by atoms with Gasteiger partial charge in [0.05, 0.1) is 4.90 Å². The molecule has 25 heavy (non-hydrogen) atoms. The lowest BCUT2D eigenvalue weighted by Gasteiger charge is -2.12. The SMILES string of the molecule is CN(C)CCOc1cccc(CCNS(=O)(=O)c2ccc(N)cc2)c1. The Kier molecular flexibility index (Phi) is 6.81. The summed E-state index contributed by atoms with van der Waals surface area (Å²) in [4.78, 5) is 2.26. The van der Waals surface area contributed by atoms with Gasteiger partial charge in [0.1, 0.15) is 12.4 Å². The van der Waals surface area contributed by atoms with Crippen LogP contribution in [0, 0.1) is 0 Å². The van der Waals surface area contributed by atoms with Crippen molar-refractivity contribution in [3.05, 3.63) is 54.1 Å². The van der Waals surface area contributed by atoms with E-state index in [4.69, 9.17) is 10.5 Å². The second-order valence-electron chi connectivity index (χ2n) is 6.02. The average Bonchev–Trinajstić information content (AvgIpc) is 2.55. The summed E-state index contributed by atoms with van der Waals surface area (Å²) in [5.41, 5.74) is 7.13. The lowest BCUT2D eigenvalue weighted by Crippen LogP contribution is -2.26. The Morgan fingerprint density at radius 2 is 1.84 bits per heavy atom. The van der Waals surface area contributed by atoms with E-state index in [1.807, 2.05) is 38.4 Å². The smallest absolute Gasteiger partial charge is 0.240 e. The Morgan fingerprint density at radius 3 is 2.52 bits per heavy atom. The van der Waals surface area contributed by atoms with Crippen LogP contribution in [0.2, 0.25) is 0 Å². The fourth-order valence-electron chi connectivity index (χ4n) is 2.20. The highest BCUT2D eigenvalue weighted by Crippen LogP contribution is 2.14. The fraction of sp³-hybridized carbons (Fsp3) is 0.333. The average molecular weight is 363 g/mol. The molecule has 0 saturated carbocycles. The molecule has 136 valence electrons. The molecule has 2 rings (SSSR count). The molecule has 0 aliphatic carbocycles. The van der Waals surface area contributed by atoms with Gasteiger partial charge in [0.25, 0.3) is 0 Å². The lowest BCUT2D eigenvalue weighted by molar-refractivity contribution is 0.261. The molecule has 0 fully saturated rings. The van der Waals surface area contributed by atoms with Crippen molar-refractivity contribution in [2.75, 3.05) is 39.5 Å². The Hall–Kier alpha value is -2.09. The number of ether oxygens (including phenoxy) is 1. The van der Waals surface area contributed by atoms with Crippen LogP contribution in [-0.4, -0.2) is 47.1 Å². The number of rotatable bonds is 9. The Bertz CT molecular complexity index is 774. The van der Waals surface area contributed by atoms with Gasteiger partial charge in [-0.05, 0) is 62.5 Å². The molecular formula is C18H25N3O3S. The number of hydrogen-bond acceptors (Lipinski definition) is 5. The molecule has 0 aromatic heterocycles. The summed E-state index contributed by atoms with van der Waals surface area (Å²) in [6.45, 7) is 1.76. The summed E-state index contributed by atoms with van der Waals surface area (Å²) in [6, 6.07) is 13.8. The van der Waals surface area contributed by atoms with Crippen molar-refractivity contribution in [1.29, 1.82) is 0 Å². The molecule has 0 aliphatic rings. The zero-order valence-corrected chi connectivity index (χ0v) is 15.4. The van der Waals surface area contributed by atoms with Gasteiger partial charge in [-0.1, -0.05) is 12.1 Å². The lowest BCUT2D eigenvalue weighted by atomic mass is 10.1. The monoisotopic (exact) mass is 363 g/mol. The molecule has 0 bridgehead atoms. The van der Waals surface area contributed by atoms with Crippen molar-refractivity contribution in [3.63, 3.8) is 0 Å². The van der Waals surface area contributed by atoms with E-state index in [1.165, 1.54) is 12.1 Å². The molecule has 6 nitrogen and oxygen atoms in total. The number of nitrogen functional groups attached to an aromatic ring is 1. The zero-order chi connectivity index (χ0) is 18.3. The van der Waals surface area contributed by atoms with Gasteiger partial charge in [0.15, 0.2) is 0 Å². The molecule has 0 atom stereocenters. The van der Waals surface area contributed by atoms with E-state index in [-0.39, 0.29) is 4.90 Å². The van der Waals surface area contributed by atoms with E-state index < -0.39 is 10.0 Å². The van der Waals surface area contributed by atoms with Crippen molar-refractivity contribution in [2.24, 2.45) is 0 Å². The first kappa shape index (κ1) is 19.2. The second-order valence-corrected chi connectivity index (χ2v) is 7.78. The molecule has 0 amide bonds. The van der Waals surface area contributed by atoms with Gasteiger partial charge in [-0.15, -0.1) is 0 Å². The predicted octanol–water partition coefficient (Wildman–Crippen LogP) is 1.73. The van der Waals surface area contributed by atoms with Gasteiger partial charge in [-0.3, -0.25) is 0 Å². The maximum Gasteiger partial charge on any atom is 0.240 e. The number of nitrogens with two attached hydrogens (primary N) is 1. The Morgan fingerprint density at radius 1 is 1.12 bits per heavy atom. The van der Waals surface area contributed by atoms with Gasteiger partial charge in [-0.25, -0.2) is 13.1 Å². The summed E-state index contributed by atoms with van der Waals surface area (Å²) in [6.07, 6.45) is 0.582. The first-order valence-electron chi connectivity index (χ1n) is 8.08. The van der Waals surface area contributed by atoms with Crippen molar-refractivity contribution in [2.45, 2.75) is 11.3 Å². The number of benzene rings is 2. The highest BCUT2D eigenvalue weighted by Gasteiger charge is 2.12. The van der Waals surface area contributed by atoms with E-state index in [0.29, 0.717) is 25.3 Å². The standard InChI is InChI=1S/C18H25N3O3S/c1-21(2)12-13-24-17-5-3-4-15(14-17)10-11-20-25(22,23)18-8-6-16(19)7-9-18/h3-9,14,20H,10-13,19H2,1-2H3. The molecular weight excluding hydrogens is 338 g/mol. The number of likely N-dealkylation sites (N-methyl/N-ethyl adjacent to an activating group) is 1. The molecule has 0 heterocycles. The molecule has 0 aliphatic heterocycles. The number of hydrogen-bond donors (Lipinski definition) is 2. The van der Waals surface area contributed by atoms with Crippen LogP contribution >= 0.6 is 0 Å². The summed E-state index contributed by atoms with van der Waals surface area (Å²) in [5, 5.41) is 0. The summed E-state index contributed by atoms with van der Waals surface area (Å²) in [7, 11) is 0.463. The number of anilines is 1. The minimum Gasteiger partial charge on any atom is -0.492 e. The van der Waals surface area contributed by atoms with E-state index in [0.717, 1.165) is 17.9 Å². The van der Waals surface area contributed by atoms with E-state index in [9.17, 15) is 8.42 Å². The van der Waals surface area contributed by atoms with Gasteiger partial charge < -0.3 is 15.4 Å². The van der Waals surface area contributed by atoms with Crippen molar-refractivity contribution < 1.29 is 13.2 Å². The second kappa shape index (κ2) is 8.84. The third-order valence-corrected chi connectivity index (χ3v) is 5.08. The van der Waals surface area contributed by atoms with E-state index >= 15 is 0 Å². The van der Waals surface area contributed by atoms with E-state index in [1.54, 1.807) is 12.1 Å². The zero-order valence-electron chi connectivity index (χ0n) is 14.6. The summed E-state index contributed by atoms with van der Waals surface area (Å²) >= 11 is 0. The maximum absolute atomic E-state index is 12.2. The number of sulfonamides is 1. The van der Waals surface area contributed by atoms with Crippen LogP contribution < -0.4 is 15.2 Å². The first-order chi connectivity index (χ1) is 11.9. The highest BCUT2D eigenvalue weighted by atomic mass is 32.2. The largest absolute Gasteiger partial charge is 0.492 e. The van der Waals surface area contributed by atoms with Gasteiger partial charge in [-0.2, -0.15) is 0 Å². The van der Waals surface area contributed by atoms with Crippen LogP contribution in [0.4, 0.5) is 5.69 Å². The van der Waals surface area contributed by atoms with E-state index in [2.05, 4.69) is 9.62 Å². The normalized spacial score (nSPS) is 11.6. The third kappa shape index (κ3) is 6.38. The molecule has 0 radical (unpaired) electrons. The summed E-state index contributed by atoms with van der Waals surface area (Å²) in [5.74, 6) is 0.792. The highest BCUT2D eigenvalue weighted by molar-refractivity contribution is 7.89. The minimum atomic E-state index is -3.52. The Balaban J connectivity index is 1.87. The Labute approximate surface area is 149 Å². The van der Waals surface area contributed by atoms with Crippen LogP contribution in [0.5, 0.6) is 5.75 Å². The molecule has 7 heteroatoms. The molecule has 2 aromatic carbocycles. The fourth-order valence-corrected chi connectivity index (χ4v) is 3.23. The maximum atomic E-state index is 12.2. The minimum absolute atomic E-state index is 0.211.